The van der Waals surface area contributed by atoms with Gasteiger partial charge >= 0.3 is 0 Å². The van der Waals surface area contributed by atoms with Crippen molar-refractivity contribution in [3.63, 3.8) is 0 Å². The average molecular weight is 148 g/mol. The average Bonchev–Trinajstić information content (AvgIpc) is 2.06. The Labute approximate surface area is 68.0 Å². The molecule has 0 spiro atoms. The van der Waals surface area contributed by atoms with E-state index in [9.17, 15) is 0 Å². The van der Waals surface area contributed by atoms with Crippen molar-refractivity contribution in [1.29, 1.82) is 5.26 Å². The lowest BCUT2D eigenvalue weighted by atomic mass is 10.2. The van der Waals surface area contributed by atoms with Crippen LogP contribution in [-0.2, 0) is 0 Å². The zero-order valence-corrected chi connectivity index (χ0v) is 6.46. The standard InChI is InChI=1S/C9H10N2.H2/c1-2-11-9-5-3-4-8(6-9)7-10;/h3-6,11H,2H2,1H3;1H. The van der Waals surface area contributed by atoms with Gasteiger partial charge in [0, 0.05) is 13.7 Å². The molecule has 0 saturated heterocycles. The van der Waals surface area contributed by atoms with E-state index in [0.717, 1.165) is 12.2 Å². The van der Waals surface area contributed by atoms with Crippen LogP contribution in [0.1, 0.15) is 13.9 Å². The van der Waals surface area contributed by atoms with Gasteiger partial charge in [0.15, 0.2) is 0 Å². The van der Waals surface area contributed by atoms with Gasteiger partial charge in [0.2, 0.25) is 0 Å². The third-order valence-corrected chi connectivity index (χ3v) is 1.37. The topological polar surface area (TPSA) is 35.8 Å². The molecule has 0 bridgehead atoms. The number of anilines is 1. The summed E-state index contributed by atoms with van der Waals surface area (Å²) in [5, 5.41) is 11.7. The Morgan fingerprint density at radius 1 is 1.64 bits per heavy atom. The number of nitrogens with one attached hydrogen (secondary N) is 1. The quantitative estimate of drug-likeness (QED) is 0.698. The molecule has 58 valence electrons. The molecule has 0 radical (unpaired) electrons. The summed E-state index contributed by atoms with van der Waals surface area (Å²) in [6.07, 6.45) is 0. The minimum absolute atomic E-state index is 0. The summed E-state index contributed by atoms with van der Waals surface area (Å²) in [5.74, 6) is 0. The van der Waals surface area contributed by atoms with Crippen LogP contribution >= 0.6 is 0 Å². The largest absolute Gasteiger partial charge is 0.385 e. The molecular formula is C9H12N2. The summed E-state index contributed by atoms with van der Waals surface area (Å²) in [7, 11) is 0. The molecule has 0 aliphatic rings. The summed E-state index contributed by atoms with van der Waals surface area (Å²) >= 11 is 0. The number of nitrogens with zero attached hydrogens (tertiary/aromatic N) is 1. The van der Waals surface area contributed by atoms with Crippen LogP contribution in [0.25, 0.3) is 0 Å². The van der Waals surface area contributed by atoms with E-state index in [1.165, 1.54) is 0 Å². The van der Waals surface area contributed by atoms with Crippen LogP contribution in [-0.4, -0.2) is 6.54 Å². The van der Waals surface area contributed by atoms with E-state index in [-0.39, 0.29) is 1.43 Å². The molecule has 0 aromatic heterocycles. The first kappa shape index (κ1) is 7.62. The lowest BCUT2D eigenvalue weighted by Gasteiger charge is -2.01. The SMILES string of the molecule is CCNc1cccc(C#N)c1.[HH]. The fraction of sp³-hybridized carbons (Fsp3) is 0.222. The number of nitriles is 1. The number of rotatable bonds is 2. The maximum absolute atomic E-state index is 8.55. The third-order valence-electron chi connectivity index (χ3n) is 1.37. The van der Waals surface area contributed by atoms with Gasteiger partial charge < -0.3 is 5.32 Å². The van der Waals surface area contributed by atoms with E-state index in [1.807, 2.05) is 25.1 Å². The maximum atomic E-state index is 8.55. The van der Waals surface area contributed by atoms with Crippen LogP contribution in [0.5, 0.6) is 0 Å². The molecule has 0 unspecified atom stereocenters. The molecule has 2 heteroatoms. The fourth-order valence-electron chi connectivity index (χ4n) is 0.903. The Kier molecular flexibility index (Phi) is 2.51. The second kappa shape index (κ2) is 3.62. The summed E-state index contributed by atoms with van der Waals surface area (Å²) in [6, 6.07) is 9.54. The molecule has 1 aromatic rings. The van der Waals surface area contributed by atoms with E-state index in [4.69, 9.17) is 5.26 Å². The van der Waals surface area contributed by atoms with Gasteiger partial charge in [0.05, 0.1) is 11.6 Å². The highest BCUT2D eigenvalue weighted by Gasteiger charge is 1.90. The molecule has 1 aromatic carbocycles. The van der Waals surface area contributed by atoms with E-state index in [1.54, 1.807) is 6.07 Å². The first-order chi connectivity index (χ1) is 5.36. The minimum atomic E-state index is 0. The Hall–Kier alpha value is -1.49. The van der Waals surface area contributed by atoms with E-state index >= 15 is 0 Å². The van der Waals surface area contributed by atoms with Crippen molar-refractivity contribution in [2.45, 2.75) is 6.92 Å². The van der Waals surface area contributed by atoms with Crippen molar-refractivity contribution >= 4 is 5.69 Å². The van der Waals surface area contributed by atoms with E-state index < -0.39 is 0 Å². The Bertz CT molecular complexity index is 278. The van der Waals surface area contributed by atoms with E-state index in [0.29, 0.717) is 5.56 Å². The molecule has 0 atom stereocenters. The maximum Gasteiger partial charge on any atom is 0.0992 e. The predicted molar refractivity (Wildman–Crippen MR) is 47.4 cm³/mol. The lowest BCUT2D eigenvalue weighted by molar-refractivity contribution is 1.21. The Balaban J connectivity index is 0.00000121. The van der Waals surface area contributed by atoms with Crippen molar-refractivity contribution in [3.8, 4) is 6.07 Å². The van der Waals surface area contributed by atoms with Crippen LogP contribution in [0.3, 0.4) is 0 Å². The van der Waals surface area contributed by atoms with Crippen LogP contribution in [0.2, 0.25) is 0 Å². The molecular weight excluding hydrogens is 136 g/mol. The second-order valence-corrected chi connectivity index (χ2v) is 2.22. The highest BCUT2D eigenvalue weighted by atomic mass is 14.8. The molecule has 2 nitrogen and oxygen atoms in total. The molecule has 0 fully saturated rings. The summed E-state index contributed by atoms with van der Waals surface area (Å²) in [6.45, 7) is 2.91. The smallest absolute Gasteiger partial charge is 0.0992 e. The number of hydrogen-bond acceptors (Lipinski definition) is 2. The molecule has 0 heterocycles. The highest BCUT2D eigenvalue weighted by molar-refractivity contribution is 5.48. The van der Waals surface area contributed by atoms with Gasteiger partial charge in [-0.1, -0.05) is 6.07 Å². The van der Waals surface area contributed by atoms with Gasteiger partial charge in [-0.05, 0) is 25.1 Å². The zero-order valence-electron chi connectivity index (χ0n) is 6.46. The van der Waals surface area contributed by atoms with Gasteiger partial charge in [0.1, 0.15) is 0 Å². The van der Waals surface area contributed by atoms with Crippen LogP contribution in [0, 0.1) is 11.3 Å². The summed E-state index contributed by atoms with van der Waals surface area (Å²) < 4.78 is 0. The number of hydrogen-bond donors (Lipinski definition) is 1. The van der Waals surface area contributed by atoms with Gasteiger partial charge in [-0.25, -0.2) is 0 Å². The van der Waals surface area contributed by atoms with Crippen molar-refractivity contribution in [2.75, 3.05) is 11.9 Å². The minimum Gasteiger partial charge on any atom is -0.385 e. The number of benzene rings is 1. The van der Waals surface area contributed by atoms with Crippen molar-refractivity contribution in [3.05, 3.63) is 29.8 Å². The highest BCUT2D eigenvalue weighted by Crippen LogP contribution is 2.08. The van der Waals surface area contributed by atoms with Crippen molar-refractivity contribution < 1.29 is 1.43 Å². The molecule has 0 saturated carbocycles. The van der Waals surface area contributed by atoms with Crippen molar-refractivity contribution in [1.82, 2.24) is 0 Å². The van der Waals surface area contributed by atoms with Crippen molar-refractivity contribution in [2.24, 2.45) is 0 Å². The normalized spacial score (nSPS) is 8.73. The molecule has 0 amide bonds. The monoisotopic (exact) mass is 148 g/mol. The molecule has 1 N–H and O–H groups in total. The Morgan fingerprint density at radius 2 is 2.45 bits per heavy atom. The van der Waals surface area contributed by atoms with Crippen LogP contribution < -0.4 is 5.32 Å². The Morgan fingerprint density at radius 3 is 3.09 bits per heavy atom. The summed E-state index contributed by atoms with van der Waals surface area (Å²) in [5.41, 5.74) is 1.70. The van der Waals surface area contributed by atoms with Crippen LogP contribution in [0.15, 0.2) is 24.3 Å². The summed E-state index contributed by atoms with van der Waals surface area (Å²) in [4.78, 5) is 0. The lowest BCUT2D eigenvalue weighted by Crippen LogP contribution is -1.95. The van der Waals surface area contributed by atoms with E-state index in [2.05, 4.69) is 11.4 Å². The van der Waals surface area contributed by atoms with Gasteiger partial charge in [0.25, 0.3) is 0 Å². The zero-order chi connectivity index (χ0) is 8.10. The molecule has 0 aliphatic carbocycles. The first-order valence-corrected chi connectivity index (χ1v) is 3.61. The molecule has 11 heavy (non-hydrogen) atoms. The fourth-order valence-corrected chi connectivity index (χ4v) is 0.903. The van der Waals surface area contributed by atoms with Gasteiger partial charge in [-0.3, -0.25) is 0 Å². The predicted octanol–water partition coefficient (Wildman–Crippen LogP) is 2.24. The first-order valence-electron chi connectivity index (χ1n) is 3.61. The third kappa shape index (κ3) is 1.98. The van der Waals surface area contributed by atoms with Crippen LogP contribution in [0.4, 0.5) is 5.69 Å². The molecule has 0 aliphatic heterocycles. The molecule has 1 rings (SSSR count). The second-order valence-electron chi connectivity index (χ2n) is 2.22. The van der Waals surface area contributed by atoms with Gasteiger partial charge in [-0.2, -0.15) is 5.26 Å². The van der Waals surface area contributed by atoms with Gasteiger partial charge in [-0.15, -0.1) is 0 Å².